The molecule has 0 saturated carbocycles. The van der Waals surface area contributed by atoms with Crippen molar-refractivity contribution in [2.45, 2.75) is 28.1 Å². The van der Waals surface area contributed by atoms with Crippen LogP contribution in [-0.2, 0) is 44.0 Å². The van der Waals surface area contributed by atoms with E-state index in [1.54, 1.807) is 41.6 Å². The zero-order valence-corrected chi connectivity index (χ0v) is 23.3. The molecule has 0 unspecified atom stereocenters. The normalized spacial score (nSPS) is 23.5. The molecule has 1 saturated heterocycles. The van der Waals surface area contributed by atoms with Crippen LogP contribution in [0.15, 0.2) is 56.2 Å². The van der Waals surface area contributed by atoms with Gasteiger partial charge in [-0.2, -0.15) is 0 Å². The lowest BCUT2D eigenvalue weighted by atomic mass is 9.69. The van der Waals surface area contributed by atoms with Gasteiger partial charge in [0.05, 0.1) is 45.5 Å². The highest BCUT2D eigenvalue weighted by Gasteiger charge is 2.68. The van der Waals surface area contributed by atoms with Crippen LogP contribution < -0.4 is 9.64 Å². The molecule has 3 atom stereocenters. The van der Waals surface area contributed by atoms with Crippen molar-refractivity contribution < 1.29 is 41.7 Å². The van der Waals surface area contributed by atoms with Crippen molar-refractivity contribution in [1.29, 1.82) is 0 Å². The number of methoxy groups -OCH3 is 4. The van der Waals surface area contributed by atoms with Gasteiger partial charge in [-0.1, -0.05) is 6.07 Å². The molecule has 4 heterocycles. The zero-order valence-electron chi connectivity index (χ0n) is 21.7. The molecule has 1 fully saturated rings. The Bertz CT molecular complexity index is 1550. The fraction of sp³-hybridized carbons (Fsp3) is 0.360. The molecule has 0 N–H and O–H groups in total. The van der Waals surface area contributed by atoms with E-state index in [9.17, 15) is 22.8 Å². The summed E-state index contributed by atoms with van der Waals surface area (Å²) in [5.74, 6) is -2.27. The standard InChI is InChI=1S/C25H25N3O9S2/c1-27-15-9-8-13(34-2)11-14(15)25-12-16(21(29)35-3)28(39(32,33)17-7-6-10-38-17)24(25)26-19(23(31)37-5)18(20(25)27)22(30)36-4/h6-11,16,20H,12H2,1-5H3/t16-,20-,25-/m0/s1. The van der Waals surface area contributed by atoms with Gasteiger partial charge in [0, 0.05) is 12.7 Å². The van der Waals surface area contributed by atoms with Crippen LogP contribution in [0.3, 0.4) is 0 Å². The molecule has 0 bridgehead atoms. The van der Waals surface area contributed by atoms with Gasteiger partial charge in [-0.15, -0.1) is 11.3 Å². The average molecular weight is 576 g/mol. The maximum atomic E-state index is 14.1. The number of hydrogen-bond donors (Lipinski definition) is 0. The molecular weight excluding hydrogens is 550 g/mol. The topological polar surface area (TPSA) is 141 Å². The molecule has 3 aliphatic heterocycles. The third-order valence-corrected chi connectivity index (χ3v) is 10.5. The fourth-order valence-electron chi connectivity index (χ4n) is 5.77. The third-order valence-electron chi connectivity index (χ3n) is 7.34. The Morgan fingerprint density at radius 1 is 1.05 bits per heavy atom. The number of nitrogens with zero attached hydrogens (tertiary/aromatic N) is 3. The predicted molar refractivity (Wildman–Crippen MR) is 139 cm³/mol. The Hall–Kier alpha value is -3.91. The van der Waals surface area contributed by atoms with Crippen molar-refractivity contribution in [3.63, 3.8) is 0 Å². The molecule has 1 aromatic carbocycles. The molecule has 1 spiro atoms. The number of carbonyl (C=O) groups excluding carboxylic acids is 3. The largest absolute Gasteiger partial charge is 0.497 e. The summed E-state index contributed by atoms with van der Waals surface area (Å²) in [5, 5.41) is 1.59. The number of likely N-dealkylation sites (N-methyl/N-ethyl adjacent to an activating group) is 1. The van der Waals surface area contributed by atoms with Crippen molar-refractivity contribution in [2.75, 3.05) is 40.4 Å². The molecule has 12 nitrogen and oxygen atoms in total. The number of rotatable bonds is 6. The average Bonchev–Trinajstić information content (AvgIpc) is 3.67. The molecular formula is C25H25N3O9S2. The highest BCUT2D eigenvalue weighted by Crippen LogP contribution is 2.58. The maximum absolute atomic E-state index is 14.1. The fourth-order valence-corrected chi connectivity index (χ4v) is 8.48. The number of thiophene rings is 1. The highest BCUT2D eigenvalue weighted by atomic mass is 32.2. The van der Waals surface area contributed by atoms with Crippen LogP contribution in [0.1, 0.15) is 12.0 Å². The van der Waals surface area contributed by atoms with E-state index in [0.29, 0.717) is 17.0 Å². The highest BCUT2D eigenvalue weighted by molar-refractivity contribution is 7.91. The summed E-state index contributed by atoms with van der Waals surface area (Å²) in [6.45, 7) is 0. The summed E-state index contributed by atoms with van der Waals surface area (Å²) in [6, 6.07) is 5.84. The molecule has 39 heavy (non-hydrogen) atoms. The Morgan fingerprint density at radius 3 is 2.36 bits per heavy atom. The summed E-state index contributed by atoms with van der Waals surface area (Å²) in [7, 11) is 2.27. The Balaban J connectivity index is 1.91. The molecule has 3 aliphatic rings. The van der Waals surface area contributed by atoms with Gasteiger partial charge in [-0.25, -0.2) is 32.1 Å². The molecule has 2 aromatic rings. The number of fused-ring (bicyclic) bond motifs is 1. The Labute approximate surface area is 228 Å². The number of esters is 3. The lowest BCUT2D eigenvalue weighted by molar-refractivity contribution is -0.144. The van der Waals surface area contributed by atoms with Gasteiger partial charge in [0.15, 0.2) is 5.70 Å². The second kappa shape index (κ2) is 9.38. The SMILES string of the molecule is COC(=O)C1=C(C(=O)OC)[C@@H]2N(C)c3ccc(OC)cc3[C@@]23C[C@@H](C(=O)OC)N(S(=O)(=O)c2cccs2)C3=N1. The second-order valence-electron chi connectivity index (χ2n) is 9.02. The lowest BCUT2D eigenvalue weighted by Gasteiger charge is -2.39. The van der Waals surface area contributed by atoms with E-state index in [4.69, 9.17) is 18.9 Å². The van der Waals surface area contributed by atoms with Crippen molar-refractivity contribution >= 4 is 50.8 Å². The van der Waals surface area contributed by atoms with Gasteiger partial charge in [0.2, 0.25) is 0 Å². The summed E-state index contributed by atoms with van der Waals surface area (Å²) in [4.78, 5) is 45.7. The van der Waals surface area contributed by atoms with E-state index in [1.807, 2.05) is 0 Å². The number of hydrogen-bond acceptors (Lipinski definition) is 12. The molecule has 5 rings (SSSR count). The smallest absolute Gasteiger partial charge is 0.357 e. The first-order valence-corrected chi connectivity index (χ1v) is 14.0. The minimum Gasteiger partial charge on any atom is -0.497 e. The summed E-state index contributed by atoms with van der Waals surface area (Å²) >= 11 is 0.968. The van der Waals surface area contributed by atoms with E-state index in [0.717, 1.165) is 29.9 Å². The maximum Gasteiger partial charge on any atom is 0.357 e. The second-order valence-corrected chi connectivity index (χ2v) is 12.0. The lowest BCUT2D eigenvalue weighted by Crippen LogP contribution is -2.55. The predicted octanol–water partition coefficient (Wildman–Crippen LogP) is 1.46. The van der Waals surface area contributed by atoms with Gasteiger partial charge in [-0.05, 0) is 41.6 Å². The van der Waals surface area contributed by atoms with E-state index in [2.05, 4.69) is 4.99 Å². The van der Waals surface area contributed by atoms with Crippen LogP contribution in [0.25, 0.3) is 0 Å². The van der Waals surface area contributed by atoms with Crippen LogP contribution >= 0.6 is 11.3 Å². The number of aliphatic imine (C=N–C) groups is 1. The minimum absolute atomic E-state index is 0.0349. The van der Waals surface area contributed by atoms with Crippen LogP contribution in [0, 0.1) is 0 Å². The Kier molecular flexibility index (Phi) is 6.42. The van der Waals surface area contributed by atoms with Crippen molar-refractivity contribution in [3.05, 3.63) is 52.5 Å². The molecule has 0 radical (unpaired) electrons. The first kappa shape index (κ1) is 26.7. The van der Waals surface area contributed by atoms with Crippen LogP contribution in [0.4, 0.5) is 5.69 Å². The molecule has 0 aliphatic carbocycles. The van der Waals surface area contributed by atoms with Gasteiger partial charge in [0.25, 0.3) is 10.0 Å². The number of sulfonamides is 1. The van der Waals surface area contributed by atoms with Crippen LogP contribution in [0.5, 0.6) is 5.75 Å². The van der Waals surface area contributed by atoms with E-state index < -0.39 is 51.1 Å². The summed E-state index contributed by atoms with van der Waals surface area (Å²) < 4.78 is 49.6. The van der Waals surface area contributed by atoms with Gasteiger partial charge < -0.3 is 23.8 Å². The zero-order chi connectivity index (χ0) is 28.3. The third kappa shape index (κ3) is 3.58. The first-order valence-electron chi connectivity index (χ1n) is 11.7. The van der Waals surface area contributed by atoms with Gasteiger partial charge in [-0.3, -0.25) is 0 Å². The van der Waals surface area contributed by atoms with Crippen LogP contribution in [0.2, 0.25) is 0 Å². The molecule has 206 valence electrons. The van der Waals surface area contributed by atoms with Gasteiger partial charge in [0.1, 0.15) is 21.8 Å². The number of benzene rings is 1. The molecule has 14 heteroatoms. The quantitative estimate of drug-likeness (QED) is 0.367. The first-order chi connectivity index (χ1) is 18.6. The number of anilines is 1. The Morgan fingerprint density at radius 2 is 1.77 bits per heavy atom. The number of ether oxygens (including phenoxy) is 4. The van der Waals surface area contributed by atoms with E-state index >= 15 is 0 Å². The van der Waals surface area contributed by atoms with E-state index in [-0.39, 0.29) is 22.0 Å². The van der Waals surface area contributed by atoms with Crippen molar-refractivity contribution in [3.8, 4) is 5.75 Å². The van der Waals surface area contributed by atoms with Crippen molar-refractivity contribution in [2.24, 2.45) is 4.99 Å². The molecule has 1 aromatic heterocycles. The number of amidine groups is 1. The van der Waals surface area contributed by atoms with Crippen molar-refractivity contribution in [1.82, 2.24) is 4.31 Å². The van der Waals surface area contributed by atoms with Crippen LogP contribution in [-0.4, -0.2) is 84.0 Å². The summed E-state index contributed by atoms with van der Waals surface area (Å²) in [5.41, 5.74) is -0.729. The minimum atomic E-state index is -4.37. The van der Waals surface area contributed by atoms with E-state index in [1.165, 1.54) is 20.3 Å². The summed E-state index contributed by atoms with van der Waals surface area (Å²) in [6.07, 6.45) is -0.132. The van der Waals surface area contributed by atoms with Gasteiger partial charge >= 0.3 is 17.9 Å². The molecule has 0 amide bonds. The monoisotopic (exact) mass is 575 g/mol. The number of carbonyl (C=O) groups is 3.